The van der Waals surface area contributed by atoms with Crippen LogP contribution in [0.4, 0.5) is 0 Å². The van der Waals surface area contributed by atoms with Crippen LogP contribution >= 0.6 is 0 Å². The van der Waals surface area contributed by atoms with Crippen molar-refractivity contribution >= 4 is 0 Å². The molecule has 0 spiro atoms. The standard InChI is InChI=1S/C73H115O6/c1-55(2)20-14-23-58(7)26-17-29-61(10)44-47-74-68-38-32-65(33-39-68)52-77-71-50-64(13)51-72(78-53-66-34-40-69(41-35-66)75-48-45-62(11)30-18-27-59(8)24-15-21-56(3)4)73(71)79-54-67-36-42-70(43-37-67)76-49-46-63(12)31-19-28-60(9)25-16-22-57(5)6/h32-43,50-51,55-63H,13-31,44-49,52-54H2,1-12H3. The molecule has 4 aromatic rings. The van der Waals surface area contributed by atoms with E-state index >= 15 is 0 Å². The smallest absolute Gasteiger partial charge is 0.203 e. The zero-order chi connectivity index (χ0) is 57.2. The summed E-state index contributed by atoms with van der Waals surface area (Å²) in [4.78, 5) is 0. The predicted molar refractivity (Wildman–Crippen MR) is 336 cm³/mol. The molecule has 0 fully saturated rings. The van der Waals surface area contributed by atoms with E-state index in [9.17, 15) is 0 Å². The Morgan fingerprint density at radius 2 is 0.532 bits per heavy atom. The highest BCUT2D eigenvalue weighted by atomic mass is 16.5. The van der Waals surface area contributed by atoms with E-state index in [0.717, 1.165) is 114 Å². The Balaban J connectivity index is 1.31. The van der Waals surface area contributed by atoms with Crippen LogP contribution in [0.5, 0.6) is 34.5 Å². The highest BCUT2D eigenvalue weighted by Gasteiger charge is 2.17. The number of ether oxygens (including phenoxy) is 6. The molecule has 0 aliphatic carbocycles. The van der Waals surface area contributed by atoms with Gasteiger partial charge in [-0.2, -0.15) is 0 Å². The van der Waals surface area contributed by atoms with E-state index in [1.54, 1.807) is 0 Å². The molecule has 6 heteroatoms. The maximum Gasteiger partial charge on any atom is 0.203 e. The van der Waals surface area contributed by atoms with Gasteiger partial charge in [0.05, 0.1) is 19.8 Å². The first-order chi connectivity index (χ1) is 38.0. The van der Waals surface area contributed by atoms with Crippen molar-refractivity contribution in [1.29, 1.82) is 0 Å². The summed E-state index contributed by atoms with van der Waals surface area (Å²) in [5.74, 6) is 11.2. The minimum Gasteiger partial charge on any atom is -0.494 e. The van der Waals surface area contributed by atoms with Gasteiger partial charge in [0.2, 0.25) is 5.75 Å². The Hall–Kier alpha value is -4.32. The van der Waals surface area contributed by atoms with E-state index in [-0.39, 0.29) is 0 Å². The molecule has 0 saturated carbocycles. The molecule has 0 N–H and O–H groups in total. The Morgan fingerprint density at radius 1 is 0.291 bits per heavy atom. The maximum absolute atomic E-state index is 6.65. The van der Waals surface area contributed by atoms with Gasteiger partial charge in [0.25, 0.3) is 0 Å². The van der Waals surface area contributed by atoms with Crippen LogP contribution in [0.15, 0.2) is 84.9 Å². The van der Waals surface area contributed by atoms with E-state index in [1.165, 1.54) is 116 Å². The summed E-state index contributed by atoms with van der Waals surface area (Å²) in [5, 5.41) is 0. The fraction of sp³-hybridized carbons (Fsp3) is 0.658. The third-order valence-electron chi connectivity index (χ3n) is 16.3. The van der Waals surface area contributed by atoms with Gasteiger partial charge in [-0.15, -0.1) is 0 Å². The number of rotatable bonds is 45. The molecule has 4 rings (SSSR count). The molecular weight excluding hydrogens is 973 g/mol. The van der Waals surface area contributed by atoms with Crippen molar-refractivity contribution in [2.45, 2.75) is 238 Å². The molecule has 0 bridgehead atoms. The van der Waals surface area contributed by atoms with Crippen LogP contribution in [-0.2, 0) is 19.8 Å². The average molecular weight is 1090 g/mol. The maximum atomic E-state index is 6.65. The van der Waals surface area contributed by atoms with Crippen LogP contribution in [0.1, 0.15) is 240 Å². The summed E-state index contributed by atoms with van der Waals surface area (Å²) in [5.41, 5.74) is 3.88. The van der Waals surface area contributed by atoms with E-state index < -0.39 is 0 Å². The summed E-state index contributed by atoms with van der Waals surface area (Å²) >= 11 is 0. The molecule has 6 atom stereocenters. The second-order valence-corrected chi connectivity index (χ2v) is 26.0. The average Bonchev–Trinajstić information content (AvgIpc) is 3.41. The molecule has 443 valence electrons. The molecule has 0 saturated heterocycles. The molecule has 4 aromatic carbocycles. The van der Waals surface area contributed by atoms with Gasteiger partial charge in [0, 0.05) is 0 Å². The summed E-state index contributed by atoms with van der Waals surface area (Å²) in [6.07, 6.45) is 27.1. The molecule has 0 aliphatic heterocycles. The summed E-state index contributed by atoms with van der Waals surface area (Å²) in [6.45, 7) is 35.9. The molecule has 79 heavy (non-hydrogen) atoms. The van der Waals surface area contributed by atoms with Gasteiger partial charge in [-0.05, 0) is 150 Å². The van der Waals surface area contributed by atoms with Gasteiger partial charge in [0.1, 0.15) is 37.1 Å². The molecule has 6 nitrogen and oxygen atoms in total. The van der Waals surface area contributed by atoms with Crippen molar-refractivity contribution in [2.75, 3.05) is 19.8 Å². The fourth-order valence-corrected chi connectivity index (χ4v) is 10.6. The normalized spacial score (nSPS) is 14.0. The molecule has 0 amide bonds. The lowest BCUT2D eigenvalue weighted by Gasteiger charge is -2.19. The molecule has 0 aromatic heterocycles. The van der Waals surface area contributed by atoms with Crippen LogP contribution in [-0.4, -0.2) is 19.8 Å². The Bertz CT molecular complexity index is 2020. The van der Waals surface area contributed by atoms with E-state index in [1.807, 2.05) is 48.5 Å². The Labute approximate surface area is 485 Å². The summed E-state index contributed by atoms with van der Waals surface area (Å²) < 4.78 is 38.4. The van der Waals surface area contributed by atoms with Crippen LogP contribution < -0.4 is 28.4 Å². The van der Waals surface area contributed by atoms with Crippen molar-refractivity contribution in [3.05, 3.63) is 114 Å². The van der Waals surface area contributed by atoms with E-state index in [0.29, 0.717) is 54.8 Å². The van der Waals surface area contributed by atoms with Gasteiger partial charge in [-0.25, -0.2) is 0 Å². The molecule has 6 unspecified atom stereocenters. The first kappa shape index (κ1) is 67.2. The van der Waals surface area contributed by atoms with Crippen molar-refractivity contribution in [1.82, 2.24) is 0 Å². The van der Waals surface area contributed by atoms with Crippen molar-refractivity contribution in [3.8, 4) is 34.5 Å². The van der Waals surface area contributed by atoms with Crippen molar-refractivity contribution in [2.24, 2.45) is 53.3 Å². The third kappa shape index (κ3) is 30.9. The van der Waals surface area contributed by atoms with Gasteiger partial charge < -0.3 is 28.4 Å². The SMILES string of the molecule is [CH2]c1cc(OCc2ccc(OCCC(C)CCCC(C)CCCC(C)C)cc2)c(OCc2ccc(OCCC(C)CCCC(C)CCCC(C)C)cc2)c(OCc2ccc(OCCC(C)CCCC(C)CCCC(C)C)cc2)c1. The second kappa shape index (κ2) is 39.2. The fourth-order valence-electron chi connectivity index (χ4n) is 10.6. The van der Waals surface area contributed by atoms with Gasteiger partial charge in [-0.3, -0.25) is 0 Å². The predicted octanol–water partition coefficient (Wildman–Crippen LogP) is 21.7. The Morgan fingerprint density at radius 3 is 0.797 bits per heavy atom. The molecular formula is C73H115O6. The van der Waals surface area contributed by atoms with Crippen LogP contribution in [0.3, 0.4) is 0 Å². The largest absolute Gasteiger partial charge is 0.494 e. The lowest BCUT2D eigenvalue weighted by atomic mass is 9.93. The summed E-state index contributed by atoms with van der Waals surface area (Å²) in [6, 6.07) is 28.7. The van der Waals surface area contributed by atoms with E-state index in [4.69, 9.17) is 28.4 Å². The van der Waals surface area contributed by atoms with Gasteiger partial charge in [0.15, 0.2) is 11.5 Å². The Kier molecular flexibility index (Phi) is 33.3. The van der Waals surface area contributed by atoms with Gasteiger partial charge in [-0.1, -0.05) is 235 Å². The molecule has 0 heterocycles. The lowest BCUT2D eigenvalue weighted by molar-refractivity contribution is 0.229. The number of benzene rings is 4. The van der Waals surface area contributed by atoms with Crippen molar-refractivity contribution < 1.29 is 28.4 Å². The zero-order valence-corrected chi connectivity index (χ0v) is 52.5. The van der Waals surface area contributed by atoms with Crippen LogP contribution in [0.2, 0.25) is 0 Å². The topological polar surface area (TPSA) is 55.4 Å². The van der Waals surface area contributed by atoms with Gasteiger partial charge >= 0.3 is 0 Å². The highest BCUT2D eigenvalue weighted by molar-refractivity contribution is 5.55. The first-order valence-electron chi connectivity index (χ1n) is 32.0. The third-order valence-corrected chi connectivity index (χ3v) is 16.3. The second-order valence-electron chi connectivity index (χ2n) is 26.0. The lowest BCUT2D eigenvalue weighted by Crippen LogP contribution is -2.06. The number of hydrogen-bond acceptors (Lipinski definition) is 6. The molecule has 0 aliphatic rings. The molecule has 1 radical (unpaired) electrons. The summed E-state index contributed by atoms with van der Waals surface area (Å²) in [7, 11) is 0. The number of hydrogen-bond donors (Lipinski definition) is 0. The van der Waals surface area contributed by atoms with Crippen LogP contribution in [0, 0.1) is 60.2 Å². The minimum atomic E-state index is 0.334. The minimum absolute atomic E-state index is 0.334. The van der Waals surface area contributed by atoms with E-state index in [2.05, 4.69) is 126 Å². The monoisotopic (exact) mass is 1090 g/mol. The first-order valence-corrected chi connectivity index (χ1v) is 32.0. The zero-order valence-electron chi connectivity index (χ0n) is 52.5. The van der Waals surface area contributed by atoms with Crippen molar-refractivity contribution in [3.63, 3.8) is 0 Å². The highest BCUT2D eigenvalue weighted by Crippen LogP contribution is 2.41. The quantitative estimate of drug-likeness (QED) is 0.0440. The van der Waals surface area contributed by atoms with Crippen LogP contribution in [0.25, 0.3) is 0 Å².